The molecule has 1 aromatic carbocycles. The number of hydrogen-bond donors (Lipinski definition) is 1. The van der Waals surface area contributed by atoms with Crippen LogP contribution in [0, 0.1) is 0 Å². The maximum absolute atomic E-state index is 11.8. The summed E-state index contributed by atoms with van der Waals surface area (Å²) >= 11 is 6.07. The first-order chi connectivity index (χ1) is 8.87. The molecule has 6 heteroatoms. The van der Waals surface area contributed by atoms with Gasteiger partial charge in [-0.3, -0.25) is 5.32 Å². The summed E-state index contributed by atoms with van der Waals surface area (Å²) in [5.41, 5.74) is -0.212. The van der Waals surface area contributed by atoms with E-state index in [0.717, 1.165) is 0 Å². The standard InChI is InChI=1S/C13H16ClNO4/c1-13(2,3)19-12(16)15-10-8(14)4-5-9-11(10)18-7-6-17-9/h4-5H,6-7H2,1-3H3,(H,15,16). The molecule has 104 valence electrons. The van der Waals surface area contributed by atoms with Gasteiger partial charge >= 0.3 is 6.09 Å². The number of halogens is 1. The number of carbonyl (C=O) groups excluding carboxylic acids is 1. The highest BCUT2D eigenvalue weighted by Gasteiger charge is 2.23. The molecule has 0 bridgehead atoms. The summed E-state index contributed by atoms with van der Waals surface area (Å²) in [4.78, 5) is 11.8. The molecule has 0 saturated carbocycles. The van der Waals surface area contributed by atoms with Crippen LogP contribution in [-0.4, -0.2) is 24.9 Å². The van der Waals surface area contributed by atoms with Crippen LogP contribution in [0.15, 0.2) is 12.1 Å². The Labute approximate surface area is 116 Å². The fourth-order valence-corrected chi connectivity index (χ4v) is 1.81. The maximum Gasteiger partial charge on any atom is 0.412 e. The highest BCUT2D eigenvalue weighted by atomic mass is 35.5. The van der Waals surface area contributed by atoms with Crippen molar-refractivity contribution in [2.45, 2.75) is 26.4 Å². The van der Waals surface area contributed by atoms with E-state index in [1.807, 2.05) is 0 Å². The zero-order chi connectivity index (χ0) is 14.0. The van der Waals surface area contributed by atoms with Crippen LogP contribution in [-0.2, 0) is 4.74 Å². The van der Waals surface area contributed by atoms with Crippen LogP contribution >= 0.6 is 11.6 Å². The topological polar surface area (TPSA) is 56.8 Å². The highest BCUT2D eigenvalue weighted by molar-refractivity contribution is 6.34. The van der Waals surface area contributed by atoms with Gasteiger partial charge in [-0.05, 0) is 32.9 Å². The van der Waals surface area contributed by atoms with Gasteiger partial charge in [-0.25, -0.2) is 4.79 Å². The molecule has 1 aliphatic heterocycles. The second-order valence-corrected chi connectivity index (χ2v) is 5.48. The fraction of sp³-hybridized carbons (Fsp3) is 0.462. The molecule has 1 amide bonds. The van der Waals surface area contributed by atoms with Crippen LogP contribution in [0.1, 0.15) is 20.8 Å². The van der Waals surface area contributed by atoms with Crippen molar-refractivity contribution in [3.05, 3.63) is 17.2 Å². The number of hydrogen-bond acceptors (Lipinski definition) is 4. The van der Waals surface area contributed by atoms with Crippen LogP contribution in [0.25, 0.3) is 0 Å². The van der Waals surface area contributed by atoms with E-state index in [2.05, 4.69) is 5.32 Å². The third kappa shape index (κ3) is 3.44. The van der Waals surface area contributed by atoms with Crippen LogP contribution in [0.3, 0.4) is 0 Å². The van der Waals surface area contributed by atoms with E-state index < -0.39 is 11.7 Å². The summed E-state index contributed by atoms with van der Waals surface area (Å²) in [7, 11) is 0. The SMILES string of the molecule is CC(C)(C)OC(=O)Nc1c(Cl)ccc2c1OCCO2. The first-order valence-electron chi connectivity index (χ1n) is 5.95. The lowest BCUT2D eigenvalue weighted by atomic mass is 10.2. The van der Waals surface area contributed by atoms with E-state index in [1.54, 1.807) is 32.9 Å². The van der Waals surface area contributed by atoms with Gasteiger partial charge in [-0.15, -0.1) is 0 Å². The molecule has 1 aliphatic rings. The molecule has 0 fully saturated rings. The van der Waals surface area contributed by atoms with Crippen LogP contribution in [0.4, 0.5) is 10.5 Å². The van der Waals surface area contributed by atoms with Crippen molar-refractivity contribution >= 4 is 23.4 Å². The van der Waals surface area contributed by atoms with E-state index in [-0.39, 0.29) is 0 Å². The van der Waals surface area contributed by atoms with Crippen LogP contribution < -0.4 is 14.8 Å². The average Bonchev–Trinajstić information content (AvgIpc) is 2.31. The van der Waals surface area contributed by atoms with Crippen molar-refractivity contribution in [3.63, 3.8) is 0 Å². The summed E-state index contributed by atoms with van der Waals surface area (Å²) in [6.07, 6.45) is -0.586. The number of benzene rings is 1. The summed E-state index contributed by atoms with van der Waals surface area (Å²) in [5.74, 6) is 0.992. The summed E-state index contributed by atoms with van der Waals surface area (Å²) in [5, 5.41) is 2.97. The number of anilines is 1. The van der Waals surface area contributed by atoms with E-state index in [0.29, 0.717) is 35.4 Å². The zero-order valence-electron chi connectivity index (χ0n) is 11.1. The van der Waals surface area contributed by atoms with Gasteiger partial charge in [0.2, 0.25) is 0 Å². The molecule has 0 spiro atoms. The van der Waals surface area contributed by atoms with E-state index in [9.17, 15) is 4.79 Å². The lowest BCUT2D eigenvalue weighted by Gasteiger charge is -2.23. The number of amides is 1. The highest BCUT2D eigenvalue weighted by Crippen LogP contribution is 2.42. The second kappa shape index (κ2) is 5.17. The molecule has 0 aromatic heterocycles. The van der Waals surface area contributed by atoms with Gasteiger partial charge in [-0.2, -0.15) is 0 Å². The molecule has 0 saturated heterocycles. The van der Waals surface area contributed by atoms with Crippen molar-refractivity contribution in [3.8, 4) is 11.5 Å². The van der Waals surface area contributed by atoms with Crippen molar-refractivity contribution in [2.24, 2.45) is 0 Å². The monoisotopic (exact) mass is 285 g/mol. The molecule has 1 aromatic rings. The van der Waals surface area contributed by atoms with Gasteiger partial charge in [0.05, 0.1) is 5.02 Å². The molecule has 0 aliphatic carbocycles. The molecular formula is C13H16ClNO4. The summed E-state index contributed by atoms with van der Waals surface area (Å²) in [6, 6.07) is 3.35. The lowest BCUT2D eigenvalue weighted by Crippen LogP contribution is -2.28. The van der Waals surface area contributed by atoms with Crippen LogP contribution in [0.5, 0.6) is 11.5 Å². The Morgan fingerprint density at radius 1 is 1.32 bits per heavy atom. The zero-order valence-corrected chi connectivity index (χ0v) is 11.8. The van der Waals surface area contributed by atoms with Crippen molar-refractivity contribution in [1.82, 2.24) is 0 Å². The molecule has 19 heavy (non-hydrogen) atoms. The molecule has 0 atom stereocenters. The molecule has 5 nitrogen and oxygen atoms in total. The van der Waals surface area contributed by atoms with Gasteiger partial charge in [0, 0.05) is 0 Å². The van der Waals surface area contributed by atoms with Gasteiger partial charge in [-0.1, -0.05) is 11.6 Å². The van der Waals surface area contributed by atoms with Crippen molar-refractivity contribution < 1.29 is 19.0 Å². The minimum Gasteiger partial charge on any atom is -0.486 e. The predicted octanol–water partition coefficient (Wildman–Crippen LogP) is 3.46. The Bertz CT molecular complexity index is 496. The van der Waals surface area contributed by atoms with Gasteiger partial charge in [0.15, 0.2) is 11.5 Å². The number of ether oxygens (including phenoxy) is 3. The summed E-state index contributed by atoms with van der Waals surface area (Å²) in [6.45, 7) is 6.24. The smallest absolute Gasteiger partial charge is 0.412 e. The Balaban J connectivity index is 2.22. The van der Waals surface area contributed by atoms with Gasteiger partial charge in [0.25, 0.3) is 0 Å². The Morgan fingerprint density at radius 2 is 2.00 bits per heavy atom. The normalized spacial score (nSPS) is 13.9. The first kappa shape index (κ1) is 13.8. The van der Waals surface area contributed by atoms with E-state index in [1.165, 1.54) is 0 Å². The maximum atomic E-state index is 11.8. The summed E-state index contributed by atoms with van der Waals surface area (Å²) < 4.78 is 16.1. The van der Waals surface area contributed by atoms with Crippen molar-refractivity contribution in [1.29, 1.82) is 0 Å². The average molecular weight is 286 g/mol. The Morgan fingerprint density at radius 3 is 2.68 bits per heavy atom. The minimum absolute atomic E-state index is 0.369. The minimum atomic E-state index is -0.586. The van der Waals surface area contributed by atoms with E-state index >= 15 is 0 Å². The molecule has 0 radical (unpaired) electrons. The third-order valence-electron chi connectivity index (χ3n) is 2.28. The largest absolute Gasteiger partial charge is 0.486 e. The van der Waals surface area contributed by atoms with Crippen molar-refractivity contribution in [2.75, 3.05) is 18.5 Å². The lowest BCUT2D eigenvalue weighted by molar-refractivity contribution is 0.0634. The molecule has 2 rings (SSSR count). The number of rotatable bonds is 1. The number of carbonyl (C=O) groups is 1. The van der Waals surface area contributed by atoms with Crippen LogP contribution in [0.2, 0.25) is 5.02 Å². The molecular weight excluding hydrogens is 270 g/mol. The fourth-order valence-electron chi connectivity index (χ4n) is 1.61. The Kier molecular flexibility index (Phi) is 3.75. The molecule has 1 N–H and O–H groups in total. The predicted molar refractivity (Wildman–Crippen MR) is 72.3 cm³/mol. The van der Waals surface area contributed by atoms with Gasteiger partial charge < -0.3 is 14.2 Å². The number of nitrogens with one attached hydrogen (secondary N) is 1. The first-order valence-corrected chi connectivity index (χ1v) is 6.33. The molecule has 0 unspecified atom stereocenters. The quantitative estimate of drug-likeness (QED) is 0.858. The molecule has 1 heterocycles. The van der Waals surface area contributed by atoms with E-state index in [4.69, 9.17) is 25.8 Å². The van der Waals surface area contributed by atoms with Gasteiger partial charge in [0.1, 0.15) is 24.5 Å². The number of fused-ring (bicyclic) bond motifs is 1. The third-order valence-corrected chi connectivity index (χ3v) is 2.60. The second-order valence-electron chi connectivity index (χ2n) is 5.07. The Hall–Kier alpha value is -1.62.